The van der Waals surface area contributed by atoms with Crippen LogP contribution in [0.15, 0.2) is 12.1 Å². The van der Waals surface area contributed by atoms with Crippen LogP contribution in [0.1, 0.15) is 21.5 Å². The third-order valence-electron chi connectivity index (χ3n) is 2.44. The second-order valence-corrected chi connectivity index (χ2v) is 9.98. The maximum absolute atomic E-state index is 11.6. The maximum atomic E-state index is 11.6. The number of nitrogens with two attached hydrogens (primary N) is 1. The first kappa shape index (κ1) is 14.3. The Morgan fingerprint density at radius 3 is 2.44 bits per heavy atom. The molecule has 0 radical (unpaired) electrons. The monoisotopic (exact) mass is 261 g/mol. The zero-order valence-electron chi connectivity index (χ0n) is 11.5. The molecule has 0 saturated heterocycles. The van der Waals surface area contributed by atoms with E-state index in [2.05, 4.69) is 31.1 Å². The van der Waals surface area contributed by atoms with Gasteiger partial charge in [-0.15, -0.1) is 5.54 Å². The minimum Gasteiger partial charge on any atom is -0.465 e. The van der Waals surface area contributed by atoms with Gasteiger partial charge in [-0.25, -0.2) is 4.79 Å². The molecule has 96 valence electrons. The van der Waals surface area contributed by atoms with Crippen molar-refractivity contribution in [3.8, 4) is 11.5 Å². The van der Waals surface area contributed by atoms with E-state index in [0.29, 0.717) is 11.3 Å². The normalized spacial score (nSPS) is 10.5. The quantitative estimate of drug-likeness (QED) is 0.366. The summed E-state index contributed by atoms with van der Waals surface area (Å²) in [5.74, 6) is 2.72. The lowest BCUT2D eigenvalue weighted by atomic mass is 10.0. The molecule has 1 aromatic rings. The van der Waals surface area contributed by atoms with Crippen LogP contribution in [-0.2, 0) is 4.74 Å². The van der Waals surface area contributed by atoms with Gasteiger partial charge in [0.05, 0.1) is 12.7 Å². The first-order valence-corrected chi connectivity index (χ1v) is 9.26. The van der Waals surface area contributed by atoms with Gasteiger partial charge >= 0.3 is 5.97 Å². The van der Waals surface area contributed by atoms with Crippen molar-refractivity contribution in [1.82, 2.24) is 0 Å². The highest BCUT2D eigenvalue weighted by Gasteiger charge is 2.13. The number of ether oxygens (including phenoxy) is 1. The van der Waals surface area contributed by atoms with Gasteiger partial charge in [0.1, 0.15) is 8.07 Å². The summed E-state index contributed by atoms with van der Waals surface area (Å²) in [7, 11) is -0.0825. The number of hydrogen-bond acceptors (Lipinski definition) is 3. The summed E-state index contributed by atoms with van der Waals surface area (Å²) in [6.07, 6.45) is 0. The zero-order chi connectivity index (χ0) is 13.9. The third-order valence-corrected chi connectivity index (χ3v) is 3.31. The lowest BCUT2D eigenvalue weighted by Gasteiger charge is -2.08. The van der Waals surface area contributed by atoms with Crippen molar-refractivity contribution in [2.45, 2.75) is 26.6 Å². The number of methoxy groups -OCH3 is 1. The second kappa shape index (κ2) is 5.28. The average Bonchev–Trinajstić information content (AvgIpc) is 2.28. The molecule has 4 heteroatoms. The van der Waals surface area contributed by atoms with Crippen molar-refractivity contribution in [3.63, 3.8) is 0 Å². The number of anilines is 1. The molecule has 0 aliphatic carbocycles. The average molecular weight is 261 g/mol. The van der Waals surface area contributed by atoms with E-state index < -0.39 is 8.07 Å². The molecule has 1 aromatic carbocycles. The Morgan fingerprint density at radius 2 is 1.94 bits per heavy atom. The molecule has 0 amide bonds. The van der Waals surface area contributed by atoms with Gasteiger partial charge in [0.15, 0.2) is 0 Å². The molecule has 1 rings (SSSR count). The summed E-state index contributed by atoms with van der Waals surface area (Å²) in [5, 5.41) is 0. The molecule has 0 heterocycles. The SMILES string of the molecule is COC(=O)c1cc(C#C[Si](C)(C)C)cc(N)c1C. The Kier molecular flexibility index (Phi) is 4.20. The standard InChI is InChI=1S/C14H19NO2Si/c1-10-12(14(16)17-2)8-11(9-13(10)15)6-7-18(3,4)5/h8-9H,15H2,1-5H3. The van der Waals surface area contributed by atoms with E-state index >= 15 is 0 Å². The van der Waals surface area contributed by atoms with Gasteiger partial charge < -0.3 is 10.5 Å². The summed E-state index contributed by atoms with van der Waals surface area (Å²) in [5.41, 5.74) is 11.7. The molecule has 0 unspecified atom stereocenters. The van der Waals surface area contributed by atoms with Gasteiger partial charge in [0.2, 0.25) is 0 Å². The van der Waals surface area contributed by atoms with E-state index in [0.717, 1.165) is 11.1 Å². The number of benzene rings is 1. The van der Waals surface area contributed by atoms with Crippen LogP contribution >= 0.6 is 0 Å². The molecular weight excluding hydrogens is 242 g/mol. The summed E-state index contributed by atoms with van der Waals surface area (Å²) in [6, 6.07) is 3.54. The number of nitrogen functional groups attached to an aromatic ring is 1. The van der Waals surface area contributed by atoms with Crippen molar-refractivity contribution in [2.75, 3.05) is 12.8 Å². The van der Waals surface area contributed by atoms with E-state index in [-0.39, 0.29) is 5.97 Å². The number of esters is 1. The van der Waals surface area contributed by atoms with Crippen LogP contribution in [-0.4, -0.2) is 21.2 Å². The van der Waals surface area contributed by atoms with Gasteiger partial charge in [-0.3, -0.25) is 0 Å². The molecule has 0 spiro atoms. The number of rotatable bonds is 1. The Labute approximate surface area is 109 Å². The van der Waals surface area contributed by atoms with E-state index in [1.54, 1.807) is 19.1 Å². The van der Waals surface area contributed by atoms with Crippen molar-refractivity contribution in [1.29, 1.82) is 0 Å². The van der Waals surface area contributed by atoms with Crippen LogP contribution in [0.25, 0.3) is 0 Å². The largest absolute Gasteiger partial charge is 0.465 e. The van der Waals surface area contributed by atoms with Gasteiger partial charge in [-0.05, 0) is 24.6 Å². The summed E-state index contributed by atoms with van der Waals surface area (Å²) < 4.78 is 4.74. The van der Waals surface area contributed by atoms with Crippen LogP contribution in [0.3, 0.4) is 0 Å². The molecule has 0 atom stereocenters. The number of carbonyl (C=O) groups is 1. The van der Waals surface area contributed by atoms with Crippen LogP contribution in [0.4, 0.5) is 5.69 Å². The highest BCUT2D eigenvalue weighted by Crippen LogP contribution is 2.19. The van der Waals surface area contributed by atoms with Crippen molar-refractivity contribution >= 4 is 19.7 Å². The molecular formula is C14H19NO2Si. The minimum atomic E-state index is -1.44. The molecule has 0 aliphatic rings. The lowest BCUT2D eigenvalue weighted by molar-refractivity contribution is 0.0600. The molecule has 0 aliphatic heterocycles. The first-order chi connectivity index (χ1) is 8.24. The summed E-state index contributed by atoms with van der Waals surface area (Å²) in [6.45, 7) is 8.30. The van der Waals surface area contributed by atoms with Crippen molar-refractivity contribution in [3.05, 3.63) is 28.8 Å². The molecule has 3 nitrogen and oxygen atoms in total. The summed E-state index contributed by atoms with van der Waals surface area (Å²) in [4.78, 5) is 11.6. The maximum Gasteiger partial charge on any atom is 0.338 e. The first-order valence-electron chi connectivity index (χ1n) is 5.76. The molecule has 2 N–H and O–H groups in total. The fourth-order valence-corrected chi connectivity index (χ4v) is 1.91. The van der Waals surface area contributed by atoms with E-state index in [9.17, 15) is 4.79 Å². The highest BCUT2D eigenvalue weighted by atomic mass is 28.3. The Hall–Kier alpha value is -1.73. The molecule has 0 saturated carbocycles. The fourth-order valence-electron chi connectivity index (χ4n) is 1.39. The van der Waals surface area contributed by atoms with Gasteiger partial charge in [-0.2, -0.15) is 0 Å². The topological polar surface area (TPSA) is 52.3 Å². The van der Waals surface area contributed by atoms with Crippen LogP contribution in [0.5, 0.6) is 0 Å². The van der Waals surface area contributed by atoms with Gasteiger partial charge in [0.25, 0.3) is 0 Å². The summed E-state index contributed by atoms with van der Waals surface area (Å²) >= 11 is 0. The van der Waals surface area contributed by atoms with Crippen molar-refractivity contribution < 1.29 is 9.53 Å². The van der Waals surface area contributed by atoms with Crippen LogP contribution < -0.4 is 5.73 Å². The predicted molar refractivity (Wildman–Crippen MR) is 77.2 cm³/mol. The predicted octanol–water partition coefficient (Wildman–Crippen LogP) is 2.59. The van der Waals surface area contributed by atoms with E-state index in [4.69, 9.17) is 10.5 Å². The van der Waals surface area contributed by atoms with Crippen molar-refractivity contribution in [2.24, 2.45) is 0 Å². The van der Waals surface area contributed by atoms with E-state index in [1.807, 2.05) is 0 Å². The molecule has 18 heavy (non-hydrogen) atoms. The van der Waals surface area contributed by atoms with Crippen LogP contribution in [0, 0.1) is 18.4 Å². The van der Waals surface area contributed by atoms with Crippen LogP contribution in [0.2, 0.25) is 19.6 Å². The third kappa shape index (κ3) is 3.64. The van der Waals surface area contributed by atoms with E-state index in [1.165, 1.54) is 7.11 Å². The fraction of sp³-hybridized carbons (Fsp3) is 0.357. The Balaban J connectivity index is 3.28. The number of hydrogen-bond donors (Lipinski definition) is 1. The smallest absolute Gasteiger partial charge is 0.338 e. The lowest BCUT2D eigenvalue weighted by Crippen LogP contribution is -2.16. The minimum absolute atomic E-state index is 0.379. The Bertz CT molecular complexity index is 533. The second-order valence-electron chi connectivity index (χ2n) is 5.23. The number of carbonyl (C=O) groups excluding carboxylic acids is 1. The molecule has 0 fully saturated rings. The van der Waals surface area contributed by atoms with Gasteiger partial charge in [-0.1, -0.05) is 25.6 Å². The van der Waals surface area contributed by atoms with Gasteiger partial charge in [0, 0.05) is 11.3 Å². The molecule has 0 aromatic heterocycles. The zero-order valence-corrected chi connectivity index (χ0v) is 12.5. The molecule has 0 bridgehead atoms. The Morgan fingerprint density at radius 1 is 1.33 bits per heavy atom. The highest BCUT2D eigenvalue weighted by molar-refractivity contribution is 6.83.